The highest BCUT2D eigenvalue weighted by Gasteiger charge is 2.17. The number of carboxylic acid groups (broad SMARTS) is 2. The van der Waals surface area contributed by atoms with Gasteiger partial charge in [0, 0.05) is 24.1 Å². The number of nitrogens with two attached hydrogens (primary N) is 1. The number of hydrogen-bond donors (Lipinski definition) is 4. The molecule has 4 rings (SSSR count). The van der Waals surface area contributed by atoms with Crippen LogP contribution in [0.5, 0.6) is 0 Å². The third kappa shape index (κ3) is 4.19. The maximum absolute atomic E-state index is 14.7. The van der Waals surface area contributed by atoms with Crippen molar-refractivity contribution in [2.75, 3.05) is 4.90 Å². The molecule has 2 aromatic heterocycles. The average Bonchev–Trinajstić information content (AvgIpc) is 3.24. The second kappa shape index (κ2) is 8.50. The first-order valence-corrected chi connectivity index (χ1v) is 9.68. The number of rotatable bonds is 6. The fourth-order valence-electron chi connectivity index (χ4n) is 3.39. The number of fused-ring (bicyclic) bond motifs is 1. The number of amides is 2. The number of primary amides is 1. The van der Waals surface area contributed by atoms with Crippen molar-refractivity contribution in [1.82, 2.24) is 14.5 Å². The van der Waals surface area contributed by atoms with Gasteiger partial charge in [-0.05, 0) is 42.0 Å². The second-order valence-electron chi connectivity index (χ2n) is 7.24. The molecule has 0 bridgehead atoms. The average molecular weight is 465 g/mol. The van der Waals surface area contributed by atoms with Crippen LogP contribution in [0.25, 0.3) is 16.7 Å². The molecule has 0 aliphatic heterocycles. The summed E-state index contributed by atoms with van der Waals surface area (Å²) in [5.41, 5.74) is 4.95. The van der Waals surface area contributed by atoms with Crippen molar-refractivity contribution >= 4 is 34.7 Å². The zero-order valence-corrected chi connectivity index (χ0v) is 17.2. The number of aromatic amines is 1. The fourth-order valence-corrected chi connectivity index (χ4v) is 3.39. The van der Waals surface area contributed by atoms with E-state index in [-0.39, 0.29) is 28.8 Å². The first-order valence-electron chi connectivity index (χ1n) is 9.68. The maximum Gasteiger partial charge on any atom is 0.360 e. The van der Waals surface area contributed by atoms with E-state index in [9.17, 15) is 23.6 Å². The monoisotopic (exact) mass is 465 g/mol. The summed E-state index contributed by atoms with van der Waals surface area (Å²) in [7, 11) is 0. The minimum Gasteiger partial charge on any atom is -0.478 e. The molecule has 2 amide bonds. The number of anilines is 1. The molecule has 0 spiro atoms. The van der Waals surface area contributed by atoms with Crippen molar-refractivity contribution in [1.29, 1.82) is 0 Å². The summed E-state index contributed by atoms with van der Waals surface area (Å²) < 4.78 is 16.2. The quantitative estimate of drug-likeness (QED) is 0.338. The number of aromatic nitrogens is 3. The van der Waals surface area contributed by atoms with Gasteiger partial charge in [0.15, 0.2) is 0 Å². The van der Waals surface area contributed by atoms with Gasteiger partial charge in [-0.1, -0.05) is 0 Å². The summed E-state index contributed by atoms with van der Waals surface area (Å²) in [5, 5.41) is 18.1. The Kier molecular flexibility index (Phi) is 5.55. The van der Waals surface area contributed by atoms with Crippen molar-refractivity contribution in [2.24, 2.45) is 5.73 Å². The smallest absolute Gasteiger partial charge is 0.360 e. The minimum absolute atomic E-state index is 0.0126. The summed E-state index contributed by atoms with van der Waals surface area (Å²) in [5.74, 6) is -3.33. The van der Waals surface area contributed by atoms with E-state index >= 15 is 0 Å². The predicted octanol–water partition coefficient (Wildman–Crippen LogP) is 2.33. The molecule has 0 fully saturated rings. The molecule has 0 radical (unpaired) electrons. The fraction of sp³-hybridized carbons (Fsp3) is 0.0455. The van der Waals surface area contributed by atoms with Crippen LogP contribution in [0.1, 0.15) is 26.4 Å². The molecule has 0 unspecified atom stereocenters. The van der Waals surface area contributed by atoms with Gasteiger partial charge in [-0.15, -0.1) is 0 Å². The SMILES string of the molecule is NC(=O)N(Cc1ccn(-c2cc3nc(C(=O)O)c(=O)[nH]c3cc2F)c1)c1ccc(C(=O)O)cc1. The number of carbonyl (C=O) groups is 3. The van der Waals surface area contributed by atoms with E-state index in [2.05, 4.69) is 9.97 Å². The van der Waals surface area contributed by atoms with Crippen molar-refractivity contribution in [3.8, 4) is 5.69 Å². The molecular weight excluding hydrogens is 449 g/mol. The van der Waals surface area contributed by atoms with Gasteiger partial charge < -0.3 is 25.5 Å². The van der Waals surface area contributed by atoms with E-state index in [1.807, 2.05) is 0 Å². The summed E-state index contributed by atoms with van der Waals surface area (Å²) in [6.07, 6.45) is 3.06. The van der Waals surface area contributed by atoms with E-state index in [4.69, 9.17) is 15.9 Å². The van der Waals surface area contributed by atoms with E-state index in [0.717, 1.165) is 6.07 Å². The third-order valence-corrected chi connectivity index (χ3v) is 5.03. The lowest BCUT2D eigenvalue weighted by Crippen LogP contribution is -2.35. The molecule has 5 N–H and O–H groups in total. The zero-order chi connectivity index (χ0) is 24.6. The normalized spacial score (nSPS) is 10.9. The Balaban J connectivity index is 1.66. The Morgan fingerprint density at radius 1 is 1.09 bits per heavy atom. The Hall–Kier alpha value is -5.00. The maximum atomic E-state index is 14.7. The molecule has 12 heteroatoms. The molecule has 2 heterocycles. The first-order chi connectivity index (χ1) is 16.1. The number of carbonyl (C=O) groups excluding carboxylic acids is 1. The molecule has 11 nitrogen and oxygen atoms in total. The van der Waals surface area contributed by atoms with Gasteiger partial charge in [0.2, 0.25) is 5.69 Å². The highest BCUT2D eigenvalue weighted by atomic mass is 19.1. The Labute approximate surface area is 189 Å². The lowest BCUT2D eigenvalue weighted by Gasteiger charge is -2.20. The molecule has 0 aliphatic carbocycles. The third-order valence-electron chi connectivity index (χ3n) is 5.03. The molecule has 4 aromatic rings. The van der Waals surface area contributed by atoms with Gasteiger partial charge in [-0.25, -0.2) is 23.8 Å². The molecule has 0 aliphatic rings. The van der Waals surface area contributed by atoms with E-state index in [0.29, 0.717) is 11.3 Å². The van der Waals surface area contributed by atoms with Crippen molar-refractivity contribution < 1.29 is 29.0 Å². The molecule has 0 saturated heterocycles. The van der Waals surface area contributed by atoms with Crippen LogP contribution in [0.4, 0.5) is 14.9 Å². The van der Waals surface area contributed by atoms with Crippen LogP contribution >= 0.6 is 0 Å². The number of nitrogens with one attached hydrogen (secondary N) is 1. The summed E-state index contributed by atoms with van der Waals surface area (Å²) in [6, 6.07) is 8.73. The largest absolute Gasteiger partial charge is 0.478 e. The number of hydrogen-bond acceptors (Lipinski definition) is 5. The van der Waals surface area contributed by atoms with Crippen LogP contribution in [0, 0.1) is 5.82 Å². The summed E-state index contributed by atoms with van der Waals surface area (Å²) in [4.78, 5) is 53.3. The first kappa shape index (κ1) is 22.2. The standard InChI is InChI=1S/C22H16FN5O6/c23-14-7-15-16(25-18(21(32)33)19(29)26-15)8-17(14)27-6-5-11(9-27)10-28(22(24)34)13-3-1-12(2-4-13)20(30)31/h1-9H,10H2,(H2,24,34)(H,26,29)(H,30,31)(H,32,33). The number of carboxylic acids is 2. The van der Waals surface area contributed by atoms with Gasteiger partial charge in [0.05, 0.1) is 28.8 Å². The van der Waals surface area contributed by atoms with Gasteiger partial charge >= 0.3 is 18.0 Å². The van der Waals surface area contributed by atoms with E-state index in [1.165, 1.54) is 52.2 Å². The molecule has 0 atom stereocenters. The summed E-state index contributed by atoms with van der Waals surface area (Å²) >= 11 is 0. The lowest BCUT2D eigenvalue weighted by molar-refractivity contribution is 0.0681. The Morgan fingerprint density at radius 3 is 2.41 bits per heavy atom. The van der Waals surface area contributed by atoms with E-state index in [1.54, 1.807) is 6.07 Å². The van der Waals surface area contributed by atoms with Gasteiger partial charge in [0.25, 0.3) is 5.56 Å². The van der Waals surface area contributed by atoms with Crippen LogP contribution < -0.4 is 16.2 Å². The van der Waals surface area contributed by atoms with Crippen LogP contribution in [0.3, 0.4) is 0 Å². The Bertz CT molecular complexity index is 1510. The molecule has 2 aromatic carbocycles. The number of H-pyrrole nitrogens is 1. The summed E-state index contributed by atoms with van der Waals surface area (Å²) in [6.45, 7) is 0.0126. The van der Waals surface area contributed by atoms with Gasteiger partial charge in [0.1, 0.15) is 5.82 Å². The Morgan fingerprint density at radius 2 is 1.79 bits per heavy atom. The predicted molar refractivity (Wildman–Crippen MR) is 118 cm³/mol. The number of urea groups is 1. The topological polar surface area (TPSA) is 172 Å². The molecule has 34 heavy (non-hydrogen) atoms. The number of benzene rings is 2. The van der Waals surface area contributed by atoms with Crippen LogP contribution in [-0.4, -0.2) is 42.7 Å². The number of aromatic carboxylic acids is 2. The number of nitrogens with zero attached hydrogens (tertiary/aromatic N) is 3. The minimum atomic E-state index is -1.51. The van der Waals surface area contributed by atoms with Gasteiger partial charge in [-0.3, -0.25) is 9.69 Å². The zero-order valence-electron chi connectivity index (χ0n) is 17.2. The molecule has 0 saturated carbocycles. The lowest BCUT2D eigenvalue weighted by atomic mass is 10.2. The number of halogens is 1. The second-order valence-corrected chi connectivity index (χ2v) is 7.24. The van der Waals surface area contributed by atoms with Gasteiger partial charge in [-0.2, -0.15) is 0 Å². The van der Waals surface area contributed by atoms with Crippen molar-refractivity contribution in [2.45, 2.75) is 6.54 Å². The molecule has 172 valence electrons. The van der Waals surface area contributed by atoms with E-state index < -0.39 is 35.0 Å². The highest BCUT2D eigenvalue weighted by Crippen LogP contribution is 2.22. The highest BCUT2D eigenvalue weighted by molar-refractivity contribution is 5.92. The van der Waals surface area contributed by atoms with Crippen LogP contribution in [0.2, 0.25) is 0 Å². The van der Waals surface area contributed by atoms with Crippen molar-refractivity contribution in [3.05, 3.63) is 87.9 Å². The van der Waals surface area contributed by atoms with Crippen molar-refractivity contribution in [3.63, 3.8) is 0 Å². The molecular formula is C22H16FN5O6. The van der Waals surface area contributed by atoms with Crippen LogP contribution in [0.15, 0.2) is 59.7 Å². The van der Waals surface area contributed by atoms with Crippen LogP contribution in [-0.2, 0) is 6.54 Å².